The number of carbonyl (C=O) groups excluding carboxylic acids is 2. The third-order valence-corrected chi connectivity index (χ3v) is 5.28. The first-order valence-corrected chi connectivity index (χ1v) is 9.93. The maximum atomic E-state index is 12.1. The summed E-state index contributed by atoms with van der Waals surface area (Å²) in [7, 11) is 1.65. The Balaban J connectivity index is 1.47. The predicted molar refractivity (Wildman–Crippen MR) is 109 cm³/mol. The largest absolute Gasteiger partial charge is 0.339 e. The van der Waals surface area contributed by atoms with Gasteiger partial charge in [0.2, 0.25) is 5.91 Å². The molecule has 29 heavy (non-hydrogen) atoms. The number of nitrogens with zero attached hydrogens (tertiary/aromatic N) is 5. The molecule has 0 aliphatic heterocycles. The summed E-state index contributed by atoms with van der Waals surface area (Å²) >= 11 is 13.1. The number of urea groups is 1. The Hall–Kier alpha value is -2.76. The van der Waals surface area contributed by atoms with E-state index in [1.165, 1.54) is 16.2 Å². The molecule has 3 rings (SSSR count). The van der Waals surface area contributed by atoms with Crippen LogP contribution in [0.2, 0.25) is 10.0 Å². The molecule has 2 aromatic heterocycles. The predicted octanol–water partition coefficient (Wildman–Crippen LogP) is 2.49. The van der Waals surface area contributed by atoms with Crippen molar-refractivity contribution in [1.29, 1.82) is 0 Å². The van der Waals surface area contributed by atoms with Crippen LogP contribution in [0.1, 0.15) is 17.1 Å². The van der Waals surface area contributed by atoms with Gasteiger partial charge in [-0.3, -0.25) is 10.1 Å². The monoisotopic (exact) mass is 454 g/mol. The Morgan fingerprint density at radius 1 is 1.28 bits per heavy atom. The second kappa shape index (κ2) is 9.63. The number of rotatable bonds is 7. The molecule has 10 nitrogen and oxygen atoms in total. The Bertz CT molecular complexity index is 995. The molecule has 152 valence electrons. The van der Waals surface area contributed by atoms with Crippen LogP contribution >= 0.6 is 34.5 Å². The van der Waals surface area contributed by atoms with Gasteiger partial charge in [-0.1, -0.05) is 34.5 Å². The number of thiazole rings is 1. The zero-order valence-electron chi connectivity index (χ0n) is 15.1. The molecule has 0 radical (unpaired) electrons. The van der Waals surface area contributed by atoms with E-state index in [9.17, 15) is 9.59 Å². The van der Waals surface area contributed by atoms with Crippen LogP contribution in [0, 0.1) is 0 Å². The second-order valence-electron chi connectivity index (χ2n) is 5.95. The molecular weight excluding hydrogens is 439 g/mol. The Labute approximate surface area is 179 Å². The van der Waals surface area contributed by atoms with Gasteiger partial charge in [0.05, 0.1) is 28.7 Å². The smallest absolute Gasteiger partial charge is 0.321 e. The number of benzene rings is 1. The lowest BCUT2D eigenvalue weighted by molar-refractivity contribution is -0.129. The number of anilines is 1. The van der Waals surface area contributed by atoms with Crippen molar-refractivity contribution >= 4 is 51.6 Å². The lowest BCUT2D eigenvalue weighted by Gasteiger charge is -2.14. The van der Waals surface area contributed by atoms with Gasteiger partial charge in [-0.05, 0) is 17.7 Å². The van der Waals surface area contributed by atoms with Crippen LogP contribution in [0.5, 0.6) is 0 Å². The molecule has 0 saturated carbocycles. The first kappa shape index (κ1) is 21.0. The maximum absolute atomic E-state index is 12.1. The molecule has 3 amide bonds. The lowest BCUT2D eigenvalue weighted by Crippen LogP contribution is -2.29. The number of H-pyrrole nitrogens is 1. The summed E-state index contributed by atoms with van der Waals surface area (Å²) in [6, 6.07) is 4.73. The molecular formula is C16H16Cl2N8O2S. The first-order valence-electron chi connectivity index (χ1n) is 8.30. The number of hydrogen-bond acceptors (Lipinski definition) is 7. The Morgan fingerprint density at radius 3 is 2.83 bits per heavy atom. The molecule has 0 fully saturated rings. The minimum atomic E-state index is -0.404. The molecule has 13 heteroatoms. The molecule has 1 aromatic carbocycles. The highest BCUT2D eigenvalue weighted by Crippen LogP contribution is 2.22. The number of aromatic amines is 1. The van der Waals surface area contributed by atoms with Crippen molar-refractivity contribution in [2.24, 2.45) is 0 Å². The summed E-state index contributed by atoms with van der Waals surface area (Å²) in [5.41, 5.74) is 1.47. The first-order chi connectivity index (χ1) is 13.9. The number of nitrogens with one attached hydrogen (secondary N) is 3. The number of aromatic nitrogens is 5. The van der Waals surface area contributed by atoms with Crippen LogP contribution < -0.4 is 10.6 Å². The van der Waals surface area contributed by atoms with Crippen molar-refractivity contribution < 1.29 is 9.59 Å². The number of halogens is 2. The van der Waals surface area contributed by atoms with Crippen LogP contribution in [-0.4, -0.2) is 49.5 Å². The fourth-order valence-electron chi connectivity index (χ4n) is 2.27. The molecule has 0 bridgehead atoms. The van der Waals surface area contributed by atoms with Gasteiger partial charge in [0.1, 0.15) is 0 Å². The van der Waals surface area contributed by atoms with Gasteiger partial charge in [-0.25, -0.2) is 9.78 Å². The number of likely N-dealkylation sites (N-methyl/N-ethyl adjacent to an activating group) is 1. The van der Waals surface area contributed by atoms with E-state index in [0.717, 1.165) is 5.56 Å². The molecule has 0 aliphatic rings. The van der Waals surface area contributed by atoms with Gasteiger partial charge >= 0.3 is 6.03 Å². The van der Waals surface area contributed by atoms with Gasteiger partial charge in [0.15, 0.2) is 11.0 Å². The van der Waals surface area contributed by atoms with E-state index in [-0.39, 0.29) is 18.9 Å². The van der Waals surface area contributed by atoms with Crippen LogP contribution in [0.4, 0.5) is 9.93 Å². The highest BCUT2D eigenvalue weighted by molar-refractivity contribution is 7.13. The third-order valence-electron chi connectivity index (χ3n) is 3.73. The van der Waals surface area contributed by atoms with Crippen molar-refractivity contribution in [1.82, 2.24) is 35.8 Å². The summed E-state index contributed by atoms with van der Waals surface area (Å²) in [6.45, 7) is 0.577. The van der Waals surface area contributed by atoms with E-state index in [1.807, 2.05) is 0 Å². The summed E-state index contributed by atoms with van der Waals surface area (Å²) < 4.78 is 0. The molecule has 0 aliphatic carbocycles. The number of amides is 3. The van der Waals surface area contributed by atoms with E-state index in [2.05, 4.69) is 36.2 Å². The van der Waals surface area contributed by atoms with Crippen LogP contribution in [-0.2, 0) is 24.3 Å². The number of hydrogen-bond donors (Lipinski definition) is 3. The van der Waals surface area contributed by atoms with Gasteiger partial charge in [-0.15, -0.1) is 21.5 Å². The Kier molecular flexibility index (Phi) is 6.96. The van der Waals surface area contributed by atoms with Crippen LogP contribution in [0.25, 0.3) is 0 Å². The summed E-state index contributed by atoms with van der Waals surface area (Å²) in [5, 5.41) is 21.7. The van der Waals surface area contributed by atoms with Crippen LogP contribution in [0.15, 0.2) is 23.6 Å². The van der Waals surface area contributed by atoms with E-state index in [1.54, 1.807) is 30.6 Å². The van der Waals surface area contributed by atoms with Crippen molar-refractivity contribution in [3.05, 3.63) is 50.7 Å². The van der Waals surface area contributed by atoms with Crippen molar-refractivity contribution in [2.45, 2.75) is 19.5 Å². The topological polar surface area (TPSA) is 129 Å². The molecule has 2 heterocycles. The standard InChI is InChI=1S/C16H16Cl2N8O2S/c1-26(14(27)5-13-22-24-25-23-13)7-10-8-29-16(20-10)21-15(28)19-6-9-2-3-11(17)12(18)4-9/h2-4,8H,5-7H2,1H3,(H2,19,20,21,28)(H,22,23,24,25). The molecule has 0 atom stereocenters. The summed E-state index contributed by atoms with van der Waals surface area (Å²) in [5.74, 6) is 0.148. The average Bonchev–Trinajstić information content (AvgIpc) is 3.35. The van der Waals surface area contributed by atoms with Gasteiger partial charge in [0.25, 0.3) is 0 Å². The van der Waals surface area contributed by atoms with E-state index >= 15 is 0 Å². The second-order valence-corrected chi connectivity index (χ2v) is 7.63. The minimum Gasteiger partial charge on any atom is -0.339 e. The highest BCUT2D eigenvalue weighted by atomic mass is 35.5. The fourth-order valence-corrected chi connectivity index (χ4v) is 3.29. The van der Waals surface area contributed by atoms with Gasteiger partial charge in [-0.2, -0.15) is 5.21 Å². The molecule has 3 aromatic rings. The SMILES string of the molecule is CN(Cc1csc(NC(=O)NCc2ccc(Cl)c(Cl)c2)n1)C(=O)Cc1nn[nH]n1. The van der Waals surface area contributed by atoms with Crippen molar-refractivity contribution in [3.8, 4) is 0 Å². The van der Waals surface area contributed by atoms with E-state index in [4.69, 9.17) is 23.2 Å². The van der Waals surface area contributed by atoms with E-state index < -0.39 is 6.03 Å². The summed E-state index contributed by atoms with van der Waals surface area (Å²) in [6.07, 6.45) is 0.0410. The van der Waals surface area contributed by atoms with Gasteiger partial charge < -0.3 is 10.2 Å². The summed E-state index contributed by atoms with van der Waals surface area (Å²) in [4.78, 5) is 30.0. The molecule has 0 saturated heterocycles. The third kappa shape index (κ3) is 6.11. The number of carbonyl (C=O) groups is 2. The minimum absolute atomic E-state index is 0.0410. The van der Waals surface area contributed by atoms with E-state index in [0.29, 0.717) is 33.2 Å². The zero-order valence-corrected chi connectivity index (χ0v) is 17.5. The van der Waals surface area contributed by atoms with Crippen molar-refractivity contribution in [3.63, 3.8) is 0 Å². The Morgan fingerprint density at radius 2 is 2.10 bits per heavy atom. The van der Waals surface area contributed by atoms with Crippen molar-refractivity contribution in [2.75, 3.05) is 12.4 Å². The molecule has 0 unspecified atom stereocenters. The zero-order chi connectivity index (χ0) is 20.8. The van der Waals surface area contributed by atoms with Crippen LogP contribution in [0.3, 0.4) is 0 Å². The fraction of sp³-hybridized carbons (Fsp3) is 0.250. The highest BCUT2D eigenvalue weighted by Gasteiger charge is 2.15. The molecule has 0 spiro atoms. The number of tetrazole rings is 1. The quantitative estimate of drug-likeness (QED) is 0.502. The van der Waals surface area contributed by atoms with Gasteiger partial charge in [0, 0.05) is 19.0 Å². The lowest BCUT2D eigenvalue weighted by atomic mass is 10.2. The average molecular weight is 455 g/mol. The maximum Gasteiger partial charge on any atom is 0.321 e. The normalized spacial score (nSPS) is 10.6. The molecule has 3 N–H and O–H groups in total.